The van der Waals surface area contributed by atoms with Crippen molar-refractivity contribution < 1.29 is 9.53 Å². The average Bonchev–Trinajstić information content (AvgIpc) is 3.02. The number of nitrogens with one attached hydrogen (secondary N) is 2. The molecular formula is C33H36Cl2N4O3S. The van der Waals surface area contributed by atoms with Crippen LogP contribution in [0, 0.1) is 5.92 Å². The number of hydrogen-bond donors (Lipinski definition) is 2. The van der Waals surface area contributed by atoms with Crippen LogP contribution in [0.4, 0.5) is 0 Å². The lowest BCUT2D eigenvalue weighted by molar-refractivity contribution is -0.126. The molecule has 0 saturated carbocycles. The Balaban J connectivity index is 0.00000423. The van der Waals surface area contributed by atoms with Gasteiger partial charge in [-0.2, -0.15) is 9.78 Å². The molecule has 226 valence electrons. The smallest absolute Gasteiger partial charge is 0.274 e. The van der Waals surface area contributed by atoms with E-state index in [4.69, 9.17) is 16.3 Å². The Morgan fingerprint density at radius 2 is 1.84 bits per heavy atom. The van der Waals surface area contributed by atoms with E-state index in [2.05, 4.69) is 27.9 Å². The van der Waals surface area contributed by atoms with Crippen molar-refractivity contribution in [2.45, 2.75) is 48.1 Å². The number of aromatic nitrogens is 2. The van der Waals surface area contributed by atoms with Gasteiger partial charge in [-0.05, 0) is 98.8 Å². The number of methoxy groups -OCH3 is 1. The topological polar surface area (TPSA) is 85.2 Å². The van der Waals surface area contributed by atoms with Crippen LogP contribution >= 0.6 is 35.8 Å². The number of piperidine rings is 1. The van der Waals surface area contributed by atoms with E-state index in [1.165, 1.54) is 22.0 Å². The van der Waals surface area contributed by atoms with Gasteiger partial charge in [-0.25, -0.2) is 0 Å². The van der Waals surface area contributed by atoms with Gasteiger partial charge in [0.1, 0.15) is 10.8 Å². The van der Waals surface area contributed by atoms with Crippen molar-refractivity contribution in [3.8, 4) is 11.4 Å². The molecule has 0 radical (unpaired) electrons. The number of nitrogens with zero attached hydrogens (tertiary/aromatic N) is 2. The molecule has 0 bridgehead atoms. The second-order valence-electron chi connectivity index (χ2n) is 10.5. The molecule has 3 atom stereocenters. The first-order valence-electron chi connectivity index (χ1n) is 14.2. The Bertz CT molecular complexity index is 1550. The van der Waals surface area contributed by atoms with Gasteiger partial charge < -0.3 is 15.4 Å². The molecule has 1 amide bonds. The Morgan fingerprint density at radius 3 is 2.53 bits per heavy atom. The minimum Gasteiger partial charge on any atom is -0.497 e. The lowest BCUT2D eigenvalue weighted by Crippen LogP contribution is -2.47. The summed E-state index contributed by atoms with van der Waals surface area (Å²) in [5, 5.41) is 12.6. The average molecular weight is 640 g/mol. The fraction of sp³-hybridized carbons (Fsp3) is 0.303. The molecule has 7 nitrogen and oxygen atoms in total. The molecule has 1 saturated heterocycles. The third-order valence-electron chi connectivity index (χ3n) is 7.60. The second-order valence-corrected chi connectivity index (χ2v) is 12.1. The summed E-state index contributed by atoms with van der Waals surface area (Å²) in [4.78, 5) is 28.0. The fourth-order valence-corrected chi connectivity index (χ4v) is 6.26. The third kappa shape index (κ3) is 8.42. The number of halogens is 2. The van der Waals surface area contributed by atoms with Crippen LogP contribution < -0.4 is 20.9 Å². The van der Waals surface area contributed by atoms with Crippen molar-refractivity contribution in [1.82, 2.24) is 20.4 Å². The number of carbonyl (C=O) groups excluding carboxylic acids is 1. The first-order valence-corrected chi connectivity index (χ1v) is 15.4. The SMILES string of the molecule is COc1ccc(-n2nc(Sc3ccc(Cl)cc3)cc(CC[C@@H](C)NC(=O)[C@@H]3CNCC[C@H]3c3ccccc3)c2=O)cc1.Cl. The normalized spacial score (nSPS) is 17.0. The Labute approximate surface area is 267 Å². The molecule has 0 unspecified atom stereocenters. The Hall–Kier alpha value is -3.30. The third-order valence-corrected chi connectivity index (χ3v) is 8.77. The summed E-state index contributed by atoms with van der Waals surface area (Å²) >= 11 is 7.54. The zero-order valence-corrected chi connectivity index (χ0v) is 26.6. The van der Waals surface area contributed by atoms with E-state index in [-0.39, 0.29) is 41.8 Å². The van der Waals surface area contributed by atoms with Gasteiger partial charge in [0.2, 0.25) is 5.91 Å². The van der Waals surface area contributed by atoms with E-state index in [1.807, 2.05) is 79.7 Å². The molecule has 0 aliphatic carbocycles. The summed E-state index contributed by atoms with van der Waals surface area (Å²) in [6.45, 7) is 3.55. The van der Waals surface area contributed by atoms with Crippen molar-refractivity contribution in [3.63, 3.8) is 0 Å². The van der Waals surface area contributed by atoms with E-state index in [0.29, 0.717) is 46.4 Å². The van der Waals surface area contributed by atoms with E-state index in [9.17, 15) is 9.59 Å². The van der Waals surface area contributed by atoms with Crippen molar-refractivity contribution in [2.24, 2.45) is 5.92 Å². The number of hydrogen-bond acceptors (Lipinski definition) is 6. The Kier molecular flexibility index (Phi) is 11.7. The number of rotatable bonds is 10. The minimum absolute atomic E-state index is 0. The van der Waals surface area contributed by atoms with Gasteiger partial charge in [-0.1, -0.05) is 53.7 Å². The zero-order valence-electron chi connectivity index (χ0n) is 24.2. The van der Waals surface area contributed by atoms with Crippen LogP contribution in [0.15, 0.2) is 99.6 Å². The molecule has 1 fully saturated rings. The van der Waals surface area contributed by atoms with E-state index < -0.39 is 0 Å². The molecule has 0 spiro atoms. The highest BCUT2D eigenvalue weighted by Crippen LogP contribution is 2.31. The summed E-state index contributed by atoms with van der Waals surface area (Å²) in [5.41, 5.74) is 2.31. The van der Waals surface area contributed by atoms with Gasteiger partial charge in [-0.15, -0.1) is 12.4 Å². The van der Waals surface area contributed by atoms with Crippen LogP contribution in [-0.4, -0.2) is 41.9 Å². The number of aryl methyl sites for hydroxylation is 1. The summed E-state index contributed by atoms with van der Waals surface area (Å²) in [6, 6.07) is 26.8. The molecule has 1 aromatic heterocycles. The summed E-state index contributed by atoms with van der Waals surface area (Å²) in [5.74, 6) is 0.794. The first-order chi connectivity index (χ1) is 20.4. The van der Waals surface area contributed by atoms with Gasteiger partial charge in [0.25, 0.3) is 5.56 Å². The molecule has 43 heavy (non-hydrogen) atoms. The molecule has 2 N–H and O–H groups in total. The minimum atomic E-state index is -0.181. The van der Waals surface area contributed by atoms with Crippen LogP contribution in [0.3, 0.4) is 0 Å². The quantitative estimate of drug-likeness (QED) is 0.212. The molecule has 5 rings (SSSR count). The van der Waals surface area contributed by atoms with Gasteiger partial charge in [-0.3, -0.25) is 9.59 Å². The molecule has 4 aromatic rings. The highest BCUT2D eigenvalue weighted by molar-refractivity contribution is 7.99. The van der Waals surface area contributed by atoms with Crippen LogP contribution in [0.5, 0.6) is 5.75 Å². The molecule has 10 heteroatoms. The van der Waals surface area contributed by atoms with Gasteiger partial charge in [0.05, 0.1) is 18.7 Å². The highest BCUT2D eigenvalue weighted by atomic mass is 35.5. The first kappa shape index (κ1) is 32.6. The monoisotopic (exact) mass is 638 g/mol. The number of carbonyl (C=O) groups is 1. The lowest BCUT2D eigenvalue weighted by Gasteiger charge is -2.32. The predicted molar refractivity (Wildman–Crippen MR) is 175 cm³/mol. The van der Waals surface area contributed by atoms with Crippen molar-refractivity contribution in [3.05, 3.63) is 111 Å². The van der Waals surface area contributed by atoms with Crippen molar-refractivity contribution >= 4 is 41.7 Å². The maximum atomic E-state index is 13.6. The van der Waals surface area contributed by atoms with Crippen LogP contribution in [0.2, 0.25) is 5.02 Å². The number of ether oxygens (including phenoxy) is 1. The Morgan fingerprint density at radius 1 is 1.12 bits per heavy atom. The molecular weight excluding hydrogens is 603 g/mol. The van der Waals surface area contributed by atoms with Gasteiger partial charge in [0.15, 0.2) is 0 Å². The van der Waals surface area contributed by atoms with Crippen molar-refractivity contribution in [1.29, 1.82) is 0 Å². The van der Waals surface area contributed by atoms with Crippen molar-refractivity contribution in [2.75, 3.05) is 20.2 Å². The fourth-order valence-electron chi connectivity index (χ4n) is 5.30. The molecule has 2 heterocycles. The highest BCUT2D eigenvalue weighted by Gasteiger charge is 2.32. The molecule has 1 aliphatic rings. The van der Waals surface area contributed by atoms with Crippen LogP contribution in [0.25, 0.3) is 5.69 Å². The largest absolute Gasteiger partial charge is 0.497 e. The molecule has 1 aliphatic heterocycles. The summed E-state index contributed by atoms with van der Waals surface area (Å²) < 4.78 is 6.72. The van der Waals surface area contributed by atoms with Gasteiger partial charge >= 0.3 is 0 Å². The summed E-state index contributed by atoms with van der Waals surface area (Å²) in [7, 11) is 1.60. The predicted octanol–water partition coefficient (Wildman–Crippen LogP) is 6.30. The lowest BCUT2D eigenvalue weighted by atomic mass is 9.80. The molecule has 3 aromatic carbocycles. The van der Waals surface area contributed by atoms with Crippen LogP contribution in [-0.2, 0) is 11.2 Å². The van der Waals surface area contributed by atoms with E-state index in [1.54, 1.807) is 7.11 Å². The number of benzene rings is 3. The zero-order chi connectivity index (χ0) is 29.5. The second kappa shape index (κ2) is 15.4. The van der Waals surface area contributed by atoms with Crippen LogP contribution in [0.1, 0.15) is 36.8 Å². The van der Waals surface area contributed by atoms with Gasteiger partial charge in [0, 0.05) is 28.1 Å². The van der Waals surface area contributed by atoms with E-state index in [0.717, 1.165) is 17.9 Å². The standard InChI is InChI=1S/C33H35ClN4O3S.ClH/c1-22(36-32(39)30-21-35-19-18-29(30)23-6-4-3-5-7-23)8-9-24-20-31(42-28-16-10-25(34)11-17-28)37-38(33(24)40)26-12-14-27(41-2)15-13-26;/h3-7,10-17,20,22,29-30,35H,8-9,18-19,21H2,1-2H3,(H,36,39);1H/t22-,29+,30-;/m1./s1. The number of amides is 1. The summed E-state index contributed by atoms with van der Waals surface area (Å²) in [6.07, 6.45) is 2.04. The van der Waals surface area contributed by atoms with E-state index >= 15 is 0 Å². The maximum Gasteiger partial charge on any atom is 0.274 e. The maximum absolute atomic E-state index is 13.6.